The van der Waals surface area contributed by atoms with E-state index in [9.17, 15) is 34.8 Å². The van der Waals surface area contributed by atoms with Gasteiger partial charge in [-0.2, -0.15) is 26.3 Å². The van der Waals surface area contributed by atoms with Gasteiger partial charge in [-0.25, -0.2) is 8.42 Å². The number of sulfonamides is 1. The smallest absolute Gasteiger partial charge is 0.394 e. The van der Waals surface area contributed by atoms with Crippen molar-refractivity contribution in [1.29, 1.82) is 0 Å². The fourth-order valence-corrected chi connectivity index (χ4v) is 4.50. The van der Waals surface area contributed by atoms with Gasteiger partial charge in [0.25, 0.3) is 15.6 Å². The van der Waals surface area contributed by atoms with E-state index in [2.05, 4.69) is 4.74 Å². The molecule has 0 amide bonds. The molecule has 0 atom stereocenters. The minimum atomic E-state index is -5.90. The lowest BCUT2D eigenvalue weighted by molar-refractivity contribution is -0.390. The molecule has 0 aliphatic heterocycles. The molecule has 0 bridgehead atoms. The predicted molar refractivity (Wildman–Crippen MR) is 99.9 cm³/mol. The second-order valence-electron chi connectivity index (χ2n) is 6.28. The normalized spacial score (nSPS) is 13.3. The molecule has 0 aliphatic rings. The summed E-state index contributed by atoms with van der Waals surface area (Å²) in [5.41, 5.74) is -6.11. The number of halogens is 6. The molecule has 0 fully saturated rings. The first-order chi connectivity index (χ1) is 14.3. The second kappa shape index (κ2) is 9.05. The topological polar surface area (TPSA) is 66.8 Å². The average molecular weight is 471 g/mol. The molecule has 0 unspecified atom stereocenters. The van der Waals surface area contributed by atoms with Gasteiger partial charge in [-0.3, -0.25) is 4.31 Å². The largest absolute Gasteiger partial charge is 0.430 e. The van der Waals surface area contributed by atoms with E-state index in [4.69, 9.17) is 5.11 Å². The van der Waals surface area contributed by atoms with Crippen LogP contribution in [0.4, 0.5) is 32.0 Å². The van der Waals surface area contributed by atoms with E-state index >= 15 is 0 Å². The monoisotopic (exact) mass is 471 g/mol. The predicted octanol–water partition coefficient (Wildman–Crippen LogP) is 4.23. The Labute approximate surface area is 174 Å². The van der Waals surface area contributed by atoms with Gasteiger partial charge in [-0.15, -0.1) is 0 Å². The summed E-state index contributed by atoms with van der Waals surface area (Å²) in [6.07, 6.45) is -11.8. The van der Waals surface area contributed by atoms with Crippen LogP contribution in [0, 0.1) is 0 Å². The quantitative estimate of drug-likeness (QED) is 0.586. The Morgan fingerprint density at radius 2 is 1.42 bits per heavy atom. The van der Waals surface area contributed by atoms with Crippen LogP contribution in [0.3, 0.4) is 0 Å². The number of benzene rings is 2. The van der Waals surface area contributed by atoms with E-state index in [0.29, 0.717) is 12.1 Å². The summed E-state index contributed by atoms with van der Waals surface area (Å²) in [4.78, 5) is -0.0906. The van der Waals surface area contributed by atoms with Crippen molar-refractivity contribution in [3.05, 3.63) is 60.2 Å². The van der Waals surface area contributed by atoms with Crippen molar-refractivity contribution in [3.8, 4) is 0 Å². The van der Waals surface area contributed by atoms with Crippen molar-refractivity contribution in [2.75, 3.05) is 24.1 Å². The summed E-state index contributed by atoms with van der Waals surface area (Å²) in [7, 11) is -4.10. The van der Waals surface area contributed by atoms with Crippen LogP contribution < -0.4 is 4.31 Å². The van der Waals surface area contributed by atoms with E-state index in [-0.39, 0.29) is 17.1 Å². The Hall–Kier alpha value is -2.31. The summed E-state index contributed by atoms with van der Waals surface area (Å²) >= 11 is 0. The van der Waals surface area contributed by atoms with E-state index in [1.807, 2.05) is 0 Å². The fourth-order valence-electron chi connectivity index (χ4n) is 3.01. The third-order valence-electron chi connectivity index (χ3n) is 4.39. The maximum absolute atomic E-state index is 13.6. The van der Waals surface area contributed by atoms with Gasteiger partial charge in [0, 0.05) is 12.1 Å². The van der Waals surface area contributed by atoms with Crippen LogP contribution in [0.15, 0.2) is 59.5 Å². The number of anilines is 1. The summed E-state index contributed by atoms with van der Waals surface area (Å²) in [5.74, 6) is 0. The highest BCUT2D eigenvalue weighted by Gasteiger charge is 2.73. The minimum Gasteiger partial charge on any atom is -0.394 e. The molecule has 2 aromatic carbocycles. The number of nitrogens with zero attached hydrogens (tertiary/aromatic N) is 1. The Bertz CT molecular complexity index is 946. The molecule has 0 radical (unpaired) electrons. The zero-order valence-corrected chi connectivity index (χ0v) is 16.9. The molecule has 172 valence electrons. The van der Waals surface area contributed by atoms with E-state index < -0.39 is 46.8 Å². The number of aliphatic hydroxyl groups excluding tert-OH is 1. The van der Waals surface area contributed by atoms with E-state index in [0.717, 1.165) is 16.4 Å². The molecule has 0 aromatic heterocycles. The summed E-state index contributed by atoms with van der Waals surface area (Å²) in [6.45, 7) is -0.940. The lowest BCUT2D eigenvalue weighted by Crippen LogP contribution is -2.56. The Balaban J connectivity index is 2.57. The Morgan fingerprint density at radius 1 is 0.903 bits per heavy atom. The number of aliphatic hydroxyl groups is 1. The van der Waals surface area contributed by atoms with Crippen LogP contribution in [0.5, 0.6) is 0 Å². The molecule has 2 aromatic rings. The minimum absolute atomic E-state index is 0.0906. The van der Waals surface area contributed by atoms with Gasteiger partial charge in [0.2, 0.25) is 0 Å². The van der Waals surface area contributed by atoms with Gasteiger partial charge in [0.1, 0.15) is 0 Å². The highest BCUT2D eigenvalue weighted by molar-refractivity contribution is 7.92. The lowest BCUT2D eigenvalue weighted by atomic mass is 9.91. The van der Waals surface area contributed by atoms with Crippen molar-refractivity contribution in [3.63, 3.8) is 0 Å². The molecule has 2 rings (SSSR count). The number of alkyl halides is 6. The van der Waals surface area contributed by atoms with Crippen molar-refractivity contribution < 1.29 is 44.6 Å². The first kappa shape index (κ1) is 25.0. The molecule has 0 heterocycles. The van der Waals surface area contributed by atoms with E-state index in [1.54, 1.807) is 6.07 Å². The van der Waals surface area contributed by atoms with Gasteiger partial charge in [0.15, 0.2) is 0 Å². The van der Waals surface area contributed by atoms with Gasteiger partial charge in [-0.1, -0.05) is 30.3 Å². The summed E-state index contributed by atoms with van der Waals surface area (Å²) in [5, 5.41) is 8.72. The molecule has 0 spiro atoms. The van der Waals surface area contributed by atoms with Crippen LogP contribution >= 0.6 is 0 Å². The summed E-state index contributed by atoms with van der Waals surface area (Å²) in [6, 6.07) is 9.87. The second-order valence-corrected chi connectivity index (χ2v) is 8.14. The van der Waals surface area contributed by atoms with Gasteiger partial charge < -0.3 is 9.84 Å². The highest BCUT2D eigenvalue weighted by Crippen LogP contribution is 2.53. The van der Waals surface area contributed by atoms with Crippen LogP contribution in [-0.2, 0) is 20.4 Å². The fraction of sp³-hybridized carbons (Fsp3) is 0.368. The zero-order chi connectivity index (χ0) is 23.5. The number of rotatable bonds is 8. The molecule has 0 saturated heterocycles. The maximum Gasteiger partial charge on any atom is 0.430 e. The van der Waals surface area contributed by atoms with Crippen molar-refractivity contribution >= 4 is 15.7 Å². The summed E-state index contributed by atoms with van der Waals surface area (Å²) < 4.78 is 112. The average Bonchev–Trinajstić information content (AvgIpc) is 2.68. The van der Waals surface area contributed by atoms with Crippen molar-refractivity contribution in [1.82, 2.24) is 0 Å². The molecule has 5 nitrogen and oxygen atoms in total. The van der Waals surface area contributed by atoms with Crippen molar-refractivity contribution in [2.24, 2.45) is 0 Å². The molecular formula is C19H19F6NO4S. The lowest BCUT2D eigenvalue weighted by Gasteiger charge is -2.37. The van der Waals surface area contributed by atoms with Crippen LogP contribution in [0.2, 0.25) is 0 Å². The number of hydrogen-bond donors (Lipinski definition) is 1. The van der Waals surface area contributed by atoms with Crippen LogP contribution in [0.1, 0.15) is 12.5 Å². The SMILES string of the molecule is CCN(c1ccc(C(OCCO)(C(F)(F)F)C(F)(F)F)cc1)S(=O)(=O)c1ccccc1. The zero-order valence-electron chi connectivity index (χ0n) is 16.1. The molecule has 31 heavy (non-hydrogen) atoms. The number of hydrogen-bond acceptors (Lipinski definition) is 4. The molecule has 0 aliphatic carbocycles. The highest BCUT2D eigenvalue weighted by atomic mass is 32.2. The van der Waals surface area contributed by atoms with Crippen molar-refractivity contribution in [2.45, 2.75) is 29.8 Å². The molecular weight excluding hydrogens is 452 g/mol. The van der Waals surface area contributed by atoms with E-state index in [1.165, 1.54) is 31.2 Å². The first-order valence-corrected chi connectivity index (χ1v) is 10.3. The Kier molecular flexibility index (Phi) is 7.28. The van der Waals surface area contributed by atoms with Gasteiger partial charge >= 0.3 is 12.4 Å². The van der Waals surface area contributed by atoms with Crippen LogP contribution in [-0.4, -0.2) is 45.6 Å². The third-order valence-corrected chi connectivity index (χ3v) is 6.31. The first-order valence-electron chi connectivity index (χ1n) is 8.89. The molecule has 0 saturated carbocycles. The standard InChI is InChI=1S/C19H19F6NO4S/c1-2-26(31(28,29)16-6-4-3-5-7-16)15-10-8-14(9-11-15)17(18(20,21)22,19(23,24)25)30-13-12-27/h3-11,27H,2,12-13H2,1H3. The van der Waals surface area contributed by atoms with Gasteiger partial charge in [-0.05, 0) is 31.2 Å². The number of ether oxygens (including phenoxy) is 1. The van der Waals surface area contributed by atoms with Crippen LogP contribution in [0.25, 0.3) is 0 Å². The molecule has 12 heteroatoms. The third kappa shape index (κ3) is 4.65. The van der Waals surface area contributed by atoms with Gasteiger partial charge in [0.05, 0.1) is 23.8 Å². The molecule has 1 N–H and O–H groups in total. The maximum atomic E-state index is 13.6. The Morgan fingerprint density at radius 3 is 1.84 bits per heavy atom.